The van der Waals surface area contributed by atoms with Crippen LogP contribution in [0.4, 0.5) is 25.8 Å². The molecular weight excluding hydrogens is 677 g/mol. The molecule has 4 N–H and O–H groups in total. The lowest BCUT2D eigenvalue weighted by Gasteiger charge is -2.38. The number of methoxy groups -OCH3 is 1. The summed E-state index contributed by atoms with van der Waals surface area (Å²) in [6.07, 6.45) is 4.55. The normalized spacial score (nSPS) is 26.1. The minimum absolute atomic E-state index is 0.0550. The lowest BCUT2D eigenvalue weighted by atomic mass is 10.0. The first kappa shape index (κ1) is 35.2. The first-order valence-corrected chi connectivity index (χ1v) is 22.5. The summed E-state index contributed by atoms with van der Waals surface area (Å²) in [7, 11) is 0.371. The van der Waals surface area contributed by atoms with Crippen molar-refractivity contribution in [1.29, 1.82) is 0 Å². The Kier molecular flexibility index (Phi) is 9.83. The summed E-state index contributed by atoms with van der Waals surface area (Å²) in [6.45, 7) is 8.48. The number of hydrogen-bond donors (Lipinski definition) is 4. The number of anilines is 3. The van der Waals surface area contributed by atoms with Crippen molar-refractivity contribution in [2.24, 2.45) is 5.92 Å². The highest BCUT2D eigenvalue weighted by Gasteiger charge is 2.38. The third kappa shape index (κ3) is 7.10. The molecule has 1 amide bonds. The Hall–Kier alpha value is -3.84. The van der Waals surface area contributed by atoms with Gasteiger partial charge in [0, 0.05) is 38.1 Å². The third-order valence-electron chi connectivity index (χ3n) is 11.9. The third-order valence-corrected chi connectivity index (χ3v) is 15.1. The summed E-state index contributed by atoms with van der Waals surface area (Å²) in [5.74, 6) is 0.206. The van der Waals surface area contributed by atoms with Gasteiger partial charge in [-0.15, -0.1) is 0 Å². The molecule has 8 rings (SSSR count). The molecule has 1 aromatic heterocycles. The first-order chi connectivity index (χ1) is 25.2. The van der Waals surface area contributed by atoms with Crippen LogP contribution in [0.2, 0.25) is 25.2 Å². The van der Waals surface area contributed by atoms with Crippen LogP contribution in [-0.4, -0.2) is 69.9 Å². The molecule has 0 aliphatic carbocycles. The van der Waals surface area contributed by atoms with Crippen LogP contribution in [0.15, 0.2) is 54.6 Å². The Bertz CT molecular complexity index is 1880. The van der Waals surface area contributed by atoms with Crippen molar-refractivity contribution >= 4 is 42.1 Å². The molecule has 3 aromatic carbocycles. The van der Waals surface area contributed by atoms with E-state index in [2.05, 4.69) is 57.1 Å². The van der Waals surface area contributed by atoms with E-state index in [4.69, 9.17) is 9.72 Å². The van der Waals surface area contributed by atoms with Crippen LogP contribution >= 0.6 is 0 Å². The molecule has 4 fully saturated rings. The number of halogens is 2. The lowest BCUT2D eigenvalue weighted by molar-refractivity contribution is -0.117. The summed E-state index contributed by atoms with van der Waals surface area (Å²) in [6, 6.07) is 19.2. The van der Waals surface area contributed by atoms with Crippen molar-refractivity contribution in [1.82, 2.24) is 20.6 Å². The predicted octanol–water partition coefficient (Wildman–Crippen LogP) is 7.44. The molecule has 5 atom stereocenters. The molecule has 52 heavy (non-hydrogen) atoms. The maximum absolute atomic E-state index is 16.2. The average molecular weight is 728 g/mol. The standard InChI is InChI=1S/C40H51F2N7O2Si/c1-51-24-25-19-35(44-23-25)40(50)45-28-9-6-26(7-10-28)36-12-13-37(27-8-11-32-34(20-27)47-39(46-32)33-5-4-14-43-33)49(36)29-21-30(41)38(31(42)22-29)48-15-17-52(2,3)18-16-48/h6-11,20-22,25,33,35-37,43-44H,4-5,12-19,23-24H2,1-3H3,(H,45,50)(H,46,47)/t25?,33-,35?,36+,37+/m0/s1. The number of carbonyl (C=O) groups excluding carboxylic acids is 1. The van der Waals surface area contributed by atoms with E-state index in [1.165, 1.54) is 0 Å². The molecule has 5 heterocycles. The van der Waals surface area contributed by atoms with Gasteiger partial charge in [0.2, 0.25) is 5.91 Å². The fraction of sp³-hybridized carbons (Fsp3) is 0.500. The van der Waals surface area contributed by atoms with Gasteiger partial charge in [-0.1, -0.05) is 31.3 Å². The molecule has 0 saturated carbocycles. The molecule has 276 valence electrons. The second-order valence-electron chi connectivity index (χ2n) is 16.1. The van der Waals surface area contributed by atoms with E-state index in [1.54, 1.807) is 19.2 Å². The number of aromatic nitrogens is 2. The zero-order valence-electron chi connectivity index (χ0n) is 30.5. The molecular formula is C40H51F2N7O2Si. The largest absolute Gasteiger partial charge is 0.384 e. The predicted molar refractivity (Wildman–Crippen MR) is 206 cm³/mol. The molecule has 4 aromatic rings. The van der Waals surface area contributed by atoms with Gasteiger partial charge in [0.1, 0.15) is 11.5 Å². The number of hydrogen-bond acceptors (Lipinski definition) is 7. The number of H-pyrrole nitrogens is 1. The summed E-state index contributed by atoms with van der Waals surface area (Å²) in [4.78, 5) is 25.6. The Morgan fingerprint density at radius 2 is 1.67 bits per heavy atom. The Labute approximate surface area is 305 Å². The number of nitrogens with zero attached hydrogens (tertiary/aromatic N) is 3. The van der Waals surface area contributed by atoms with Crippen molar-refractivity contribution in [2.75, 3.05) is 55.0 Å². The van der Waals surface area contributed by atoms with Gasteiger partial charge < -0.3 is 35.5 Å². The van der Waals surface area contributed by atoms with Gasteiger partial charge in [0.15, 0.2) is 11.6 Å². The minimum atomic E-state index is -1.31. The van der Waals surface area contributed by atoms with Gasteiger partial charge >= 0.3 is 0 Å². The van der Waals surface area contributed by atoms with Crippen molar-refractivity contribution in [3.63, 3.8) is 0 Å². The highest BCUT2D eigenvalue weighted by molar-refractivity contribution is 6.77. The van der Waals surface area contributed by atoms with E-state index in [1.807, 2.05) is 29.2 Å². The number of amides is 1. The number of carbonyl (C=O) groups is 1. The van der Waals surface area contributed by atoms with Crippen LogP contribution in [0.3, 0.4) is 0 Å². The van der Waals surface area contributed by atoms with Gasteiger partial charge in [0.25, 0.3) is 0 Å². The number of nitrogens with one attached hydrogen (secondary N) is 4. The summed E-state index contributed by atoms with van der Waals surface area (Å²) in [5, 5.41) is 9.90. The second-order valence-corrected chi connectivity index (χ2v) is 21.4. The van der Waals surface area contributed by atoms with Crippen molar-refractivity contribution in [3.8, 4) is 0 Å². The molecule has 0 bridgehead atoms. The van der Waals surface area contributed by atoms with E-state index >= 15 is 8.78 Å². The molecule has 2 unspecified atom stereocenters. The lowest BCUT2D eigenvalue weighted by Crippen LogP contribution is -2.43. The average Bonchev–Trinajstić information content (AvgIpc) is 3.95. The summed E-state index contributed by atoms with van der Waals surface area (Å²) < 4.78 is 37.6. The van der Waals surface area contributed by atoms with Crippen LogP contribution in [0, 0.1) is 17.6 Å². The number of rotatable bonds is 9. The molecule has 12 heteroatoms. The Morgan fingerprint density at radius 3 is 2.37 bits per heavy atom. The number of benzene rings is 3. The van der Waals surface area contributed by atoms with Crippen LogP contribution in [-0.2, 0) is 9.53 Å². The number of ether oxygens (including phenoxy) is 1. The van der Waals surface area contributed by atoms with Crippen LogP contribution in [0.1, 0.15) is 67.2 Å². The Morgan fingerprint density at radius 1 is 0.962 bits per heavy atom. The van der Waals surface area contributed by atoms with Crippen molar-refractivity contribution in [2.45, 2.75) is 81.5 Å². The topological polar surface area (TPSA) is 97.5 Å². The van der Waals surface area contributed by atoms with Gasteiger partial charge in [-0.25, -0.2) is 13.8 Å². The van der Waals surface area contributed by atoms with E-state index in [9.17, 15) is 4.79 Å². The molecule has 0 spiro atoms. The molecule has 4 saturated heterocycles. The SMILES string of the molecule is COCC1CNC(C(=O)Nc2ccc([C@H]3CC[C@H](c4ccc5nc([C@@H]6CCCN6)[nH]c5c4)N3c3cc(F)c(N4CC[Si](C)(C)CC4)c(F)c3)cc2)C1. The molecule has 4 aliphatic heterocycles. The molecule has 4 aliphatic rings. The van der Waals surface area contributed by atoms with Gasteiger partial charge in [-0.2, -0.15) is 0 Å². The van der Waals surface area contributed by atoms with E-state index in [0.717, 1.165) is 91.0 Å². The zero-order valence-corrected chi connectivity index (χ0v) is 31.5. The maximum Gasteiger partial charge on any atom is 0.241 e. The highest BCUT2D eigenvalue weighted by atomic mass is 28.3. The number of imidazole rings is 1. The fourth-order valence-electron chi connectivity index (χ4n) is 8.89. The van der Waals surface area contributed by atoms with Crippen LogP contribution < -0.4 is 25.8 Å². The van der Waals surface area contributed by atoms with Crippen LogP contribution in [0.25, 0.3) is 11.0 Å². The second kappa shape index (κ2) is 14.5. The van der Waals surface area contributed by atoms with E-state index in [0.29, 0.717) is 31.3 Å². The number of aromatic amines is 1. The smallest absolute Gasteiger partial charge is 0.241 e. The highest BCUT2D eigenvalue weighted by Crippen LogP contribution is 2.48. The van der Waals surface area contributed by atoms with Crippen LogP contribution in [0.5, 0.6) is 0 Å². The van der Waals surface area contributed by atoms with E-state index < -0.39 is 19.7 Å². The summed E-state index contributed by atoms with van der Waals surface area (Å²) >= 11 is 0. The molecule has 9 nitrogen and oxygen atoms in total. The molecule has 0 radical (unpaired) electrons. The van der Waals surface area contributed by atoms with Gasteiger partial charge in [-0.3, -0.25) is 4.79 Å². The fourth-order valence-corrected chi connectivity index (χ4v) is 10.9. The summed E-state index contributed by atoms with van der Waals surface area (Å²) in [5.41, 5.74) is 5.36. The quantitative estimate of drug-likeness (QED) is 0.133. The van der Waals surface area contributed by atoms with Gasteiger partial charge in [-0.05, 0) is 104 Å². The first-order valence-electron chi connectivity index (χ1n) is 19.0. The monoisotopic (exact) mass is 727 g/mol. The Balaban J connectivity index is 1.09. The van der Waals surface area contributed by atoms with Gasteiger partial charge in [0.05, 0.1) is 49.9 Å². The van der Waals surface area contributed by atoms with Crippen molar-refractivity contribution in [3.05, 3.63) is 83.2 Å². The maximum atomic E-state index is 16.2. The van der Waals surface area contributed by atoms with E-state index in [-0.39, 0.29) is 35.8 Å². The van der Waals surface area contributed by atoms with Crippen molar-refractivity contribution < 1.29 is 18.3 Å². The number of fused-ring (bicyclic) bond motifs is 1. The minimum Gasteiger partial charge on any atom is -0.384 e. The zero-order chi connectivity index (χ0) is 36.0.